The van der Waals surface area contributed by atoms with E-state index in [9.17, 15) is 0 Å². The Morgan fingerprint density at radius 2 is 2.08 bits per heavy atom. The van der Waals surface area contributed by atoms with Gasteiger partial charge in [-0.25, -0.2) is 9.97 Å². The molecule has 5 nitrogen and oxygen atoms in total. The van der Waals surface area contributed by atoms with Crippen molar-refractivity contribution in [2.75, 3.05) is 32.1 Å². The van der Waals surface area contributed by atoms with Crippen LogP contribution in [0.25, 0.3) is 0 Å². The second-order valence-electron chi connectivity index (χ2n) is 7.82. The lowest BCUT2D eigenvalue weighted by molar-refractivity contribution is 0.278. The molecule has 0 saturated carbocycles. The van der Waals surface area contributed by atoms with Crippen molar-refractivity contribution in [2.45, 2.75) is 44.6 Å². The van der Waals surface area contributed by atoms with Crippen LogP contribution in [0.2, 0.25) is 0 Å². The van der Waals surface area contributed by atoms with Crippen LogP contribution in [0.5, 0.6) is 0 Å². The molecule has 0 bridgehead atoms. The van der Waals surface area contributed by atoms with E-state index >= 15 is 0 Å². The Kier molecular flexibility index (Phi) is 5.16. The second kappa shape index (κ2) is 7.70. The zero-order valence-corrected chi connectivity index (χ0v) is 15.9. The smallest absolute Gasteiger partial charge is 0.135 e. The predicted molar refractivity (Wildman–Crippen MR) is 104 cm³/mol. The van der Waals surface area contributed by atoms with E-state index in [4.69, 9.17) is 0 Å². The third kappa shape index (κ3) is 3.45. The molecular formula is C21H29N5. The number of aromatic nitrogens is 3. The van der Waals surface area contributed by atoms with Gasteiger partial charge in [0.2, 0.25) is 0 Å². The fraction of sp³-hybridized carbons (Fsp3) is 0.571. The molecule has 2 aliphatic rings. The maximum absolute atomic E-state index is 4.68. The number of anilines is 1. The molecule has 0 aromatic carbocycles. The molecule has 0 amide bonds. The van der Waals surface area contributed by atoms with Crippen molar-refractivity contribution < 1.29 is 0 Å². The molecule has 26 heavy (non-hydrogen) atoms. The lowest BCUT2D eigenvalue weighted by Gasteiger charge is -2.30. The van der Waals surface area contributed by atoms with Gasteiger partial charge in [-0.15, -0.1) is 0 Å². The monoisotopic (exact) mass is 351 g/mol. The molecule has 2 aromatic rings. The molecule has 1 aliphatic carbocycles. The molecular weight excluding hydrogens is 322 g/mol. The summed E-state index contributed by atoms with van der Waals surface area (Å²) in [6.07, 6.45) is 12.9. The number of nitrogens with zero attached hydrogens (tertiary/aromatic N) is 5. The molecule has 0 spiro atoms. The third-order valence-electron chi connectivity index (χ3n) is 6.02. The number of hydrogen-bond donors (Lipinski definition) is 0. The Hall–Kier alpha value is -2.01. The van der Waals surface area contributed by atoms with Crippen molar-refractivity contribution in [3.8, 4) is 0 Å². The van der Waals surface area contributed by atoms with Crippen LogP contribution in [0.3, 0.4) is 0 Å². The summed E-state index contributed by atoms with van der Waals surface area (Å²) in [5, 5.41) is 0. The lowest BCUT2D eigenvalue weighted by Crippen LogP contribution is -2.31. The highest BCUT2D eigenvalue weighted by Crippen LogP contribution is 2.37. The van der Waals surface area contributed by atoms with Gasteiger partial charge in [-0.2, -0.15) is 0 Å². The molecule has 0 radical (unpaired) electrons. The van der Waals surface area contributed by atoms with Crippen LogP contribution in [0.15, 0.2) is 30.9 Å². The van der Waals surface area contributed by atoms with Crippen molar-refractivity contribution in [1.29, 1.82) is 0 Å². The summed E-state index contributed by atoms with van der Waals surface area (Å²) in [7, 11) is 4.43. The first-order valence-corrected chi connectivity index (χ1v) is 9.88. The number of aryl methyl sites for hydroxylation is 1. The van der Waals surface area contributed by atoms with E-state index in [0.29, 0.717) is 12.0 Å². The van der Waals surface area contributed by atoms with E-state index in [0.717, 1.165) is 31.7 Å². The van der Waals surface area contributed by atoms with Crippen molar-refractivity contribution >= 4 is 5.82 Å². The van der Waals surface area contributed by atoms with Crippen LogP contribution in [0.4, 0.5) is 5.82 Å². The fourth-order valence-corrected chi connectivity index (χ4v) is 4.74. The summed E-state index contributed by atoms with van der Waals surface area (Å²) in [6.45, 7) is 2.16. The molecule has 5 heteroatoms. The normalized spacial score (nSPS) is 23.5. The van der Waals surface area contributed by atoms with Gasteiger partial charge in [-0.05, 0) is 63.2 Å². The Bertz CT molecular complexity index is 732. The van der Waals surface area contributed by atoms with Crippen LogP contribution in [0, 0.1) is 5.92 Å². The summed E-state index contributed by atoms with van der Waals surface area (Å²) < 4.78 is 0. The number of rotatable bonds is 4. The van der Waals surface area contributed by atoms with E-state index in [1.807, 2.05) is 18.5 Å². The minimum atomic E-state index is 0.437. The number of hydrogen-bond acceptors (Lipinski definition) is 5. The Balaban J connectivity index is 1.55. The van der Waals surface area contributed by atoms with E-state index < -0.39 is 0 Å². The fourth-order valence-electron chi connectivity index (χ4n) is 4.74. The molecule has 0 unspecified atom stereocenters. The molecule has 1 fully saturated rings. The lowest BCUT2D eigenvalue weighted by atomic mass is 9.94. The van der Waals surface area contributed by atoms with Crippen molar-refractivity contribution in [3.63, 3.8) is 0 Å². The zero-order chi connectivity index (χ0) is 17.9. The van der Waals surface area contributed by atoms with E-state index in [-0.39, 0.29) is 0 Å². The zero-order valence-electron chi connectivity index (χ0n) is 15.9. The minimum absolute atomic E-state index is 0.437. The van der Waals surface area contributed by atoms with Gasteiger partial charge in [0.1, 0.15) is 12.1 Å². The maximum atomic E-state index is 4.68. The molecule has 3 heterocycles. The average Bonchev–Trinajstić information content (AvgIpc) is 2.87. The molecule has 0 N–H and O–H groups in total. The standard InChI is InChI=1S/C21H29N5/c1-25-12-10-17(20(25)16-7-6-11-22-13-16)14-26(2)21-18-8-4-3-5-9-19(18)23-15-24-21/h6-7,11,13,15,17,20H,3-5,8-10,12,14H2,1-2H3/t17-,20-/m0/s1. The molecule has 1 aliphatic heterocycles. The molecule has 2 aromatic heterocycles. The van der Waals surface area contributed by atoms with Crippen LogP contribution >= 0.6 is 0 Å². The maximum Gasteiger partial charge on any atom is 0.135 e. The number of fused-ring (bicyclic) bond motifs is 1. The summed E-state index contributed by atoms with van der Waals surface area (Å²) in [6, 6.07) is 4.70. The first-order valence-electron chi connectivity index (χ1n) is 9.88. The van der Waals surface area contributed by atoms with Crippen molar-refractivity contribution in [1.82, 2.24) is 19.9 Å². The second-order valence-corrected chi connectivity index (χ2v) is 7.82. The van der Waals surface area contributed by atoms with Gasteiger partial charge in [0.15, 0.2) is 0 Å². The van der Waals surface area contributed by atoms with Crippen molar-refractivity contribution in [2.24, 2.45) is 5.92 Å². The third-order valence-corrected chi connectivity index (χ3v) is 6.02. The van der Waals surface area contributed by atoms with Gasteiger partial charge in [0, 0.05) is 43.3 Å². The molecule has 138 valence electrons. The van der Waals surface area contributed by atoms with Gasteiger partial charge in [-0.1, -0.05) is 12.5 Å². The predicted octanol–water partition coefficient (Wildman–Crippen LogP) is 3.27. The highest BCUT2D eigenvalue weighted by molar-refractivity contribution is 5.48. The van der Waals surface area contributed by atoms with E-state index in [1.165, 1.54) is 42.5 Å². The first kappa shape index (κ1) is 17.4. The summed E-state index contributed by atoms with van der Waals surface area (Å²) in [4.78, 5) is 18.4. The average molecular weight is 351 g/mol. The number of likely N-dealkylation sites (tertiary alicyclic amines) is 1. The topological polar surface area (TPSA) is 45.2 Å². The van der Waals surface area contributed by atoms with E-state index in [1.54, 1.807) is 6.33 Å². The summed E-state index contributed by atoms with van der Waals surface area (Å²) in [5.41, 5.74) is 3.98. The highest BCUT2D eigenvalue weighted by Gasteiger charge is 2.34. The molecule has 4 rings (SSSR count). The van der Waals surface area contributed by atoms with Crippen molar-refractivity contribution in [3.05, 3.63) is 47.7 Å². The Morgan fingerprint density at radius 3 is 2.92 bits per heavy atom. The minimum Gasteiger partial charge on any atom is -0.359 e. The van der Waals surface area contributed by atoms with Gasteiger partial charge in [-0.3, -0.25) is 9.88 Å². The summed E-state index contributed by atoms with van der Waals surface area (Å²) >= 11 is 0. The van der Waals surface area contributed by atoms with Gasteiger partial charge in [0.05, 0.1) is 0 Å². The van der Waals surface area contributed by atoms with Gasteiger partial charge < -0.3 is 4.90 Å². The quantitative estimate of drug-likeness (QED) is 0.791. The first-order chi connectivity index (χ1) is 12.7. The van der Waals surface area contributed by atoms with Crippen LogP contribution in [-0.4, -0.2) is 47.0 Å². The van der Waals surface area contributed by atoms with E-state index in [2.05, 4.69) is 44.9 Å². The Labute approximate surface area is 156 Å². The highest BCUT2D eigenvalue weighted by atomic mass is 15.2. The molecule has 2 atom stereocenters. The SMILES string of the molecule is CN(C[C@@H]1CCN(C)[C@H]1c1cccnc1)c1ncnc2c1CCCCC2. The van der Waals surface area contributed by atoms with Gasteiger partial charge in [0.25, 0.3) is 0 Å². The van der Waals surface area contributed by atoms with Crippen LogP contribution < -0.4 is 4.90 Å². The number of pyridine rings is 1. The summed E-state index contributed by atoms with van der Waals surface area (Å²) in [5.74, 6) is 1.74. The van der Waals surface area contributed by atoms with Crippen LogP contribution in [0.1, 0.15) is 48.5 Å². The Morgan fingerprint density at radius 1 is 1.19 bits per heavy atom. The van der Waals surface area contributed by atoms with Crippen LogP contribution in [-0.2, 0) is 12.8 Å². The largest absolute Gasteiger partial charge is 0.359 e. The molecule has 1 saturated heterocycles. The van der Waals surface area contributed by atoms with Gasteiger partial charge >= 0.3 is 0 Å².